The predicted octanol–water partition coefficient (Wildman–Crippen LogP) is 2.37. The fourth-order valence-electron chi connectivity index (χ4n) is 2.61. The summed E-state index contributed by atoms with van der Waals surface area (Å²) >= 11 is 5.97. The van der Waals surface area contributed by atoms with E-state index in [1.165, 1.54) is 6.20 Å². The normalized spacial score (nSPS) is 15.4. The number of carbonyl (C=O) groups excluding carboxylic acids is 1. The molecule has 1 aliphatic rings. The second-order valence-corrected chi connectivity index (χ2v) is 6.40. The molecule has 1 aliphatic heterocycles. The summed E-state index contributed by atoms with van der Waals surface area (Å²) < 4.78 is 10.9. The Labute approximate surface area is 157 Å². The summed E-state index contributed by atoms with van der Waals surface area (Å²) in [6.07, 6.45) is 3.10. The Balaban J connectivity index is 1.57. The molecule has 2 heterocycles. The van der Waals surface area contributed by atoms with Crippen LogP contribution in [0.15, 0.2) is 36.7 Å². The molecule has 0 radical (unpaired) electrons. The Morgan fingerprint density at radius 1 is 1.38 bits per heavy atom. The van der Waals surface area contributed by atoms with Gasteiger partial charge in [-0.2, -0.15) is 4.98 Å². The number of hydrogen-bond donors (Lipinski definition) is 1. The van der Waals surface area contributed by atoms with Crippen molar-refractivity contribution in [2.24, 2.45) is 0 Å². The number of anilines is 1. The molecule has 8 heteroatoms. The monoisotopic (exact) mass is 376 g/mol. The first kappa shape index (κ1) is 18.4. The highest BCUT2D eigenvalue weighted by molar-refractivity contribution is 6.30. The molecule has 1 fully saturated rings. The molecule has 1 amide bonds. The van der Waals surface area contributed by atoms with Gasteiger partial charge >= 0.3 is 0 Å². The van der Waals surface area contributed by atoms with Crippen LogP contribution in [0, 0.1) is 0 Å². The molecule has 0 spiro atoms. The van der Waals surface area contributed by atoms with Gasteiger partial charge in [0.1, 0.15) is 18.5 Å². The third-order valence-corrected chi connectivity index (χ3v) is 4.18. The van der Waals surface area contributed by atoms with Crippen LogP contribution in [0.1, 0.15) is 12.5 Å². The zero-order chi connectivity index (χ0) is 18.4. The number of morpholine rings is 1. The second kappa shape index (κ2) is 8.82. The molecule has 1 N–H and O–H groups in total. The molecule has 0 aliphatic carbocycles. The van der Waals surface area contributed by atoms with Crippen molar-refractivity contribution in [3.8, 4) is 5.88 Å². The van der Waals surface area contributed by atoms with E-state index >= 15 is 0 Å². The Kier molecular flexibility index (Phi) is 6.25. The number of nitrogens with one attached hydrogen (secondary N) is 1. The summed E-state index contributed by atoms with van der Waals surface area (Å²) in [6.45, 7) is 4.51. The summed E-state index contributed by atoms with van der Waals surface area (Å²) in [6, 6.07) is 7.02. The van der Waals surface area contributed by atoms with Gasteiger partial charge in [0.15, 0.2) is 0 Å². The molecule has 3 rings (SSSR count). The number of amides is 1. The minimum Gasteiger partial charge on any atom is -0.472 e. The van der Waals surface area contributed by atoms with E-state index in [2.05, 4.69) is 15.3 Å². The maximum Gasteiger partial charge on any atom is 0.244 e. The van der Waals surface area contributed by atoms with E-state index in [4.69, 9.17) is 21.1 Å². The maximum atomic E-state index is 12.4. The van der Waals surface area contributed by atoms with Crippen molar-refractivity contribution < 1.29 is 14.3 Å². The molecular formula is C18H21ClN4O3. The fraction of sp³-hybridized carbons (Fsp3) is 0.389. The van der Waals surface area contributed by atoms with Gasteiger partial charge in [0.2, 0.25) is 11.8 Å². The van der Waals surface area contributed by atoms with E-state index in [1.54, 1.807) is 18.0 Å². The highest BCUT2D eigenvalue weighted by Crippen LogP contribution is 2.15. The topological polar surface area (TPSA) is 76.6 Å². The van der Waals surface area contributed by atoms with Gasteiger partial charge in [-0.25, -0.2) is 0 Å². The van der Waals surface area contributed by atoms with Crippen molar-refractivity contribution in [1.29, 1.82) is 0 Å². The average Bonchev–Trinajstić information content (AvgIpc) is 2.67. The number of rotatable bonds is 6. The standard InChI is InChI=1S/C18H21ClN4O3/c1-13(18(24)23-5-7-25-8-6-23)21-16-10-20-11-17(22-16)26-12-14-3-2-4-15(19)9-14/h2-4,9-11,13H,5-8,12H2,1H3,(H,21,22). The molecule has 1 unspecified atom stereocenters. The molecule has 0 saturated carbocycles. The van der Waals surface area contributed by atoms with E-state index < -0.39 is 6.04 Å². The predicted molar refractivity (Wildman–Crippen MR) is 98.3 cm³/mol. The van der Waals surface area contributed by atoms with Crippen LogP contribution in [0.3, 0.4) is 0 Å². The van der Waals surface area contributed by atoms with Crippen molar-refractivity contribution in [3.05, 3.63) is 47.2 Å². The van der Waals surface area contributed by atoms with Crippen molar-refractivity contribution >= 4 is 23.3 Å². The summed E-state index contributed by atoms with van der Waals surface area (Å²) in [5.74, 6) is 0.879. The van der Waals surface area contributed by atoms with Crippen molar-refractivity contribution in [1.82, 2.24) is 14.9 Å². The smallest absolute Gasteiger partial charge is 0.244 e. The minimum atomic E-state index is -0.412. The maximum absolute atomic E-state index is 12.4. The van der Waals surface area contributed by atoms with Gasteiger partial charge in [-0.05, 0) is 24.6 Å². The Bertz CT molecular complexity index is 753. The zero-order valence-electron chi connectivity index (χ0n) is 14.5. The highest BCUT2D eigenvalue weighted by atomic mass is 35.5. The Morgan fingerprint density at radius 2 is 2.19 bits per heavy atom. The van der Waals surface area contributed by atoms with Gasteiger partial charge in [-0.1, -0.05) is 23.7 Å². The van der Waals surface area contributed by atoms with Crippen LogP contribution in [0.2, 0.25) is 5.02 Å². The van der Waals surface area contributed by atoms with Gasteiger partial charge in [0, 0.05) is 18.1 Å². The Hall–Kier alpha value is -2.38. The molecule has 26 heavy (non-hydrogen) atoms. The molecule has 1 aromatic heterocycles. The summed E-state index contributed by atoms with van der Waals surface area (Å²) in [5, 5.41) is 3.74. The van der Waals surface area contributed by atoms with E-state index in [0.29, 0.717) is 49.6 Å². The van der Waals surface area contributed by atoms with Crippen molar-refractivity contribution in [3.63, 3.8) is 0 Å². The molecule has 7 nitrogen and oxygen atoms in total. The third-order valence-electron chi connectivity index (χ3n) is 3.95. The van der Waals surface area contributed by atoms with Crippen LogP contribution in [0.25, 0.3) is 0 Å². The zero-order valence-corrected chi connectivity index (χ0v) is 15.3. The number of ether oxygens (including phenoxy) is 2. The molecule has 0 bridgehead atoms. The van der Waals surface area contributed by atoms with Gasteiger partial charge in [0.25, 0.3) is 0 Å². The van der Waals surface area contributed by atoms with Crippen LogP contribution in [0.5, 0.6) is 5.88 Å². The summed E-state index contributed by atoms with van der Waals surface area (Å²) in [4.78, 5) is 22.7. The van der Waals surface area contributed by atoms with Gasteiger partial charge in [-0.3, -0.25) is 9.78 Å². The van der Waals surface area contributed by atoms with E-state index in [0.717, 1.165) is 5.56 Å². The highest BCUT2D eigenvalue weighted by Gasteiger charge is 2.22. The van der Waals surface area contributed by atoms with Crippen LogP contribution in [-0.2, 0) is 16.1 Å². The van der Waals surface area contributed by atoms with Gasteiger partial charge < -0.3 is 19.7 Å². The number of aromatic nitrogens is 2. The van der Waals surface area contributed by atoms with Gasteiger partial charge in [-0.15, -0.1) is 0 Å². The van der Waals surface area contributed by atoms with Crippen LogP contribution >= 0.6 is 11.6 Å². The number of carbonyl (C=O) groups is 1. The molecule has 2 aromatic rings. The lowest BCUT2D eigenvalue weighted by atomic mass is 10.2. The van der Waals surface area contributed by atoms with Crippen molar-refractivity contribution in [2.45, 2.75) is 19.6 Å². The van der Waals surface area contributed by atoms with Crippen LogP contribution in [0.4, 0.5) is 5.82 Å². The number of nitrogens with zero attached hydrogens (tertiary/aromatic N) is 3. The lowest BCUT2D eigenvalue weighted by Gasteiger charge is -2.29. The van der Waals surface area contributed by atoms with Crippen molar-refractivity contribution in [2.75, 3.05) is 31.6 Å². The second-order valence-electron chi connectivity index (χ2n) is 5.96. The Morgan fingerprint density at radius 3 is 2.96 bits per heavy atom. The van der Waals surface area contributed by atoms with Crippen LogP contribution in [-0.4, -0.2) is 53.1 Å². The average molecular weight is 377 g/mol. The van der Waals surface area contributed by atoms with E-state index in [1.807, 2.05) is 24.3 Å². The molecule has 1 saturated heterocycles. The first-order valence-corrected chi connectivity index (χ1v) is 8.82. The van der Waals surface area contributed by atoms with Gasteiger partial charge in [0.05, 0.1) is 25.6 Å². The first-order valence-electron chi connectivity index (χ1n) is 8.44. The largest absolute Gasteiger partial charge is 0.472 e. The summed E-state index contributed by atoms with van der Waals surface area (Å²) in [7, 11) is 0. The summed E-state index contributed by atoms with van der Waals surface area (Å²) in [5.41, 5.74) is 0.938. The fourth-order valence-corrected chi connectivity index (χ4v) is 2.83. The van der Waals surface area contributed by atoms with E-state index in [-0.39, 0.29) is 5.91 Å². The van der Waals surface area contributed by atoms with Crippen LogP contribution < -0.4 is 10.1 Å². The molecule has 1 atom stereocenters. The molecule has 138 valence electrons. The SMILES string of the molecule is CC(Nc1cncc(OCc2cccc(Cl)c2)n1)C(=O)N1CCOCC1. The minimum absolute atomic E-state index is 0.0142. The number of hydrogen-bond acceptors (Lipinski definition) is 6. The van der Waals surface area contributed by atoms with E-state index in [9.17, 15) is 4.79 Å². The lowest BCUT2D eigenvalue weighted by molar-refractivity contribution is -0.135. The quantitative estimate of drug-likeness (QED) is 0.834. The molecular weight excluding hydrogens is 356 g/mol. The number of halogens is 1. The molecule has 1 aromatic carbocycles. The first-order chi connectivity index (χ1) is 12.6. The third kappa shape index (κ3) is 5.06. The lowest BCUT2D eigenvalue weighted by Crippen LogP contribution is -2.47. The number of benzene rings is 1.